The number of carboxylic acid groups (broad SMARTS) is 1. The maximum atomic E-state index is 12.5. The summed E-state index contributed by atoms with van der Waals surface area (Å²) in [7, 11) is 0. The van der Waals surface area contributed by atoms with Crippen LogP contribution in [0.5, 0.6) is 0 Å². The van der Waals surface area contributed by atoms with Gasteiger partial charge in [-0.2, -0.15) is 0 Å². The summed E-state index contributed by atoms with van der Waals surface area (Å²) in [4.78, 5) is 25.3. The van der Waals surface area contributed by atoms with Crippen LogP contribution in [0.15, 0.2) is 10.5 Å². The second-order valence-electron chi connectivity index (χ2n) is 6.12. The predicted molar refractivity (Wildman–Crippen MR) is 73.8 cm³/mol. The van der Waals surface area contributed by atoms with Crippen LogP contribution in [-0.4, -0.2) is 35.0 Å². The van der Waals surface area contributed by atoms with Crippen LogP contribution in [0, 0.1) is 12.3 Å². The minimum Gasteiger partial charge on any atom is -0.481 e. The van der Waals surface area contributed by atoms with E-state index in [9.17, 15) is 14.7 Å². The van der Waals surface area contributed by atoms with E-state index < -0.39 is 11.4 Å². The van der Waals surface area contributed by atoms with Gasteiger partial charge in [0.05, 0.1) is 11.0 Å². The summed E-state index contributed by atoms with van der Waals surface area (Å²) in [6.45, 7) is 8.19. The van der Waals surface area contributed by atoms with Crippen molar-refractivity contribution in [3.63, 3.8) is 0 Å². The van der Waals surface area contributed by atoms with Crippen LogP contribution in [-0.2, 0) is 4.79 Å². The summed E-state index contributed by atoms with van der Waals surface area (Å²) in [6.07, 6.45) is 0.488. The molecule has 1 aromatic rings. The molecule has 1 N–H and O–H groups in total. The van der Waals surface area contributed by atoms with E-state index in [0.717, 1.165) is 5.76 Å². The Morgan fingerprint density at radius 3 is 2.55 bits per heavy atom. The number of carboxylic acids is 1. The SMILES string of the molecule is Cc1oc(C(C)C)cc1C(=O)N1CCC(C)(C(=O)O)C1. The van der Waals surface area contributed by atoms with Crippen LogP contribution in [0.2, 0.25) is 0 Å². The highest BCUT2D eigenvalue weighted by molar-refractivity contribution is 5.96. The minimum absolute atomic E-state index is 0.136. The zero-order valence-corrected chi connectivity index (χ0v) is 12.4. The van der Waals surface area contributed by atoms with Gasteiger partial charge in [0.25, 0.3) is 5.91 Å². The molecule has 0 bridgehead atoms. The van der Waals surface area contributed by atoms with Gasteiger partial charge >= 0.3 is 5.97 Å². The molecule has 110 valence electrons. The molecule has 5 heteroatoms. The van der Waals surface area contributed by atoms with E-state index in [1.54, 1.807) is 24.8 Å². The van der Waals surface area contributed by atoms with E-state index in [1.165, 1.54) is 0 Å². The Kier molecular flexibility index (Phi) is 3.63. The van der Waals surface area contributed by atoms with Gasteiger partial charge in [-0.3, -0.25) is 9.59 Å². The third-order valence-corrected chi connectivity index (χ3v) is 4.01. The van der Waals surface area contributed by atoms with Crippen LogP contribution in [0.4, 0.5) is 0 Å². The molecule has 1 fully saturated rings. The van der Waals surface area contributed by atoms with Crippen LogP contribution in [0.1, 0.15) is 55.0 Å². The van der Waals surface area contributed by atoms with Crippen molar-refractivity contribution in [2.75, 3.05) is 13.1 Å². The summed E-state index contributed by atoms with van der Waals surface area (Å²) < 4.78 is 5.59. The number of rotatable bonds is 3. The molecule has 2 heterocycles. The Labute approximate surface area is 118 Å². The molecule has 5 nitrogen and oxygen atoms in total. The van der Waals surface area contributed by atoms with Crippen molar-refractivity contribution in [1.82, 2.24) is 4.90 Å². The van der Waals surface area contributed by atoms with Gasteiger partial charge in [-0.1, -0.05) is 13.8 Å². The van der Waals surface area contributed by atoms with Gasteiger partial charge in [0.15, 0.2) is 0 Å². The molecule has 0 radical (unpaired) electrons. The van der Waals surface area contributed by atoms with E-state index in [4.69, 9.17) is 4.42 Å². The van der Waals surface area contributed by atoms with Crippen LogP contribution < -0.4 is 0 Å². The summed E-state index contributed by atoms with van der Waals surface area (Å²) in [5, 5.41) is 9.22. The Morgan fingerprint density at radius 2 is 2.10 bits per heavy atom. The fourth-order valence-corrected chi connectivity index (χ4v) is 2.48. The average Bonchev–Trinajstić information content (AvgIpc) is 2.93. The van der Waals surface area contributed by atoms with Crippen molar-refractivity contribution in [3.05, 3.63) is 23.2 Å². The van der Waals surface area contributed by atoms with E-state index in [0.29, 0.717) is 24.3 Å². The zero-order valence-electron chi connectivity index (χ0n) is 12.4. The second kappa shape index (κ2) is 4.96. The number of carbonyl (C=O) groups excluding carboxylic acids is 1. The maximum absolute atomic E-state index is 12.5. The van der Waals surface area contributed by atoms with Gasteiger partial charge in [0.1, 0.15) is 11.5 Å². The molecule has 0 aromatic carbocycles. The average molecular weight is 279 g/mol. The highest BCUT2D eigenvalue weighted by Crippen LogP contribution is 2.32. The molecule has 1 aliphatic heterocycles. The molecule has 0 spiro atoms. The van der Waals surface area contributed by atoms with Crippen LogP contribution in [0.25, 0.3) is 0 Å². The lowest BCUT2D eigenvalue weighted by Crippen LogP contribution is -2.34. The topological polar surface area (TPSA) is 70.8 Å². The highest BCUT2D eigenvalue weighted by atomic mass is 16.4. The zero-order chi connectivity index (χ0) is 15.1. The van der Waals surface area contributed by atoms with Gasteiger partial charge in [0, 0.05) is 19.0 Å². The highest BCUT2D eigenvalue weighted by Gasteiger charge is 2.42. The first-order chi connectivity index (χ1) is 9.24. The first-order valence-corrected chi connectivity index (χ1v) is 6.87. The molecule has 1 unspecified atom stereocenters. The molecular formula is C15H21NO4. The number of aryl methyl sites for hydroxylation is 1. The van der Waals surface area contributed by atoms with Gasteiger partial charge < -0.3 is 14.4 Å². The molecular weight excluding hydrogens is 258 g/mol. The van der Waals surface area contributed by atoms with E-state index >= 15 is 0 Å². The summed E-state index contributed by atoms with van der Waals surface area (Å²) in [5.41, 5.74) is -0.294. The monoisotopic (exact) mass is 279 g/mol. The van der Waals surface area contributed by atoms with Gasteiger partial charge in [-0.25, -0.2) is 0 Å². The Morgan fingerprint density at radius 1 is 1.45 bits per heavy atom. The molecule has 1 atom stereocenters. The molecule has 20 heavy (non-hydrogen) atoms. The number of furan rings is 1. The number of hydrogen-bond donors (Lipinski definition) is 1. The van der Waals surface area contributed by atoms with Gasteiger partial charge in [0.2, 0.25) is 0 Å². The Balaban J connectivity index is 2.19. The molecule has 1 aliphatic rings. The van der Waals surface area contributed by atoms with Crippen molar-refractivity contribution >= 4 is 11.9 Å². The lowest BCUT2D eigenvalue weighted by molar-refractivity contribution is -0.147. The number of aliphatic carboxylic acids is 1. The van der Waals surface area contributed by atoms with Crippen molar-refractivity contribution in [2.24, 2.45) is 5.41 Å². The lowest BCUT2D eigenvalue weighted by Gasteiger charge is -2.19. The maximum Gasteiger partial charge on any atom is 0.311 e. The first-order valence-electron chi connectivity index (χ1n) is 6.87. The number of likely N-dealkylation sites (tertiary alicyclic amines) is 1. The lowest BCUT2D eigenvalue weighted by atomic mass is 9.90. The molecule has 0 aliphatic carbocycles. The van der Waals surface area contributed by atoms with Crippen LogP contribution >= 0.6 is 0 Å². The van der Waals surface area contributed by atoms with E-state index in [2.05, 4.69) is 0 Å². The normalized spacial score (nSPS) is 22.6. The van der Waals surface area contributed by atoms with Crippen molar-refractivity contribution in [1.29, 1.82) is 0 Å². The smallest absolute Gasteiger partial charge is 0.311 e. The fraction of sp³-hybridized carbons (Fsp3) is 0.600. The Hall–Kier alpha value is -1.78. The summed E-state index contributed by atoms with van der Waals surface area (Å²) >= 11 is 0. The van der Waals surface area contributed by atoms with Gasteiger partial charge in [-0.15, -0.1) is 0 Å². The third-order valence-electron chi connectivity index (χ3n) is 4.01. The number of nitrogens with zero attached hydrogens (tertiary/aromatic N) is 1. The quantitative estimate of drug-likeness (QED) is 0.923. The first kappa shape index (κ1) is 14.6. The second-order valence-corrected chi connectivity index (χ2v) is 6.12. The standard InChI is InChI=1S/C15H21NO4/c1-9(2)12-7-11(10(3)20-12)13(17)16-6-5-15(4,8-16)14(18)19/h7,9H,5-6,8H2,1-4H3,(H,18,19). The third kappa shape index (κ3) is 2.44. The van der Waals surface area contributed by atoms with Crippen molar-refractivity contribution in [2.45, 2.75) is 40.0 Å². The number of amides is 1. The van der Waals surface area contributed by atoms with Crippen LogP contribution in [0.3, 0.4) is 0 Å². The molecule has 1 amide bonds. The predicted octanol–water partition coefficient (Wildman–Crippen LogP) is 2.65. The minimum atomic E-state index is -0.848. The number of carbonyl (C=O) groups is 2. The summed E-state index contributed by atoms with van der Waals surface area (Å²) in [6, 6.07) is 1.78. The fourth-order valence-electron chi connectivity index (χ4n) is 2.48. The van der Waals surface area contributed by atoms with Crippen molar-refractivity contribution in [3.8, 4) is 0 Å². The molecule has 2 rings (SSSR count). The Bertz CT molecular complexity index is 546. The largest absolute Gasteiger partial charge is 0.481 e. The van der Waals surface area contributed by atoms with E-state index in [-0.39, 0.29) is 18.4 Å². The molecule has 0 saturated carbocycles. The number of hydrogen-bond acceptors (Lipinski definition) is 3. The van der Waals surface area contributed by atoms with Gasteiger partial charge in [-0.05, 0) is 26.3 Å². The molecule has 1 saturated heterocycles. The van der Waals surface area contributed by atoms with Crippen molar-refractivity contribution < 1.29 is 19.1 Å². The van der Waals surface area contributed by atoms with E-state index in [1.807, 2.05) is 13.8 Å². The molecule has 1 aromatic heterocycles. The summed E-state index contributed by atoms with van der Waals surface area (Å²) in [5.74, 6) is 0.620.